The van der Waals surface area contributed by atoms with E-state index in [1.807, 2.05) is 13.8 Å². The molecule has 0 aromatic heterocycles. The molecule has 0 radical (unpaired) electrons. The third-order valence-corrected chi connectivity index (χ3v) is 2.54. The van der Waals surface area contributed by atoms with Gasteiger partial charge in [-0.25, -0.2) is 5.43 Å². The average molecular weight is 226 g/mol. The Balaban J connectivity index is 2.55. The van der Waals surface area contributed by atoms with Gasteiger partial charge in [-0.1, -0.05) is 13.8 Å². The molecular weight excluding hydrogens is 208 g/mol. The van der Waals surface area contributed by atoms with Crippen molar-refractivity contribution in [2.75, 3.05) is 6.54 Å². The molecule has 2 amide bonds. The molecule has 0 aromatic carbocycles. The number of nitrogens with two attached hydrogens (primary N) is 1. The third kappa shape index (κ3) is 3.30. The van der Waals surface area contributed by atoms with Gasteiger partial charge in [-0.15, -0.1) is 0 Å². The van der Waals surface area contributed by atoms with Gasteiger partial charge in [-0.2, -0.15) is 5.10 Å². The summed E-state index contributed by atoms with van der Waals surface area (Å²) in [4.78, 5) is 22.6. The van der Waals surface area contributed by atoms with Crippen molar-refractivity contribution in [3.8, 4) is 0 Å². The molecule has 1 atom stereocenters. The van der Waals surface area contributed by atoms with E-state index in [0.717, 1.165) is 0 Å². The lowest BCUT2D eigenvalue weighted by Gasteiger charge is -2.21. The molecule has 1 aliphatic heterocycles. The number of hydrogen-bond donors (Lipinski definition) is 3. The largest absolute Gasteiger partial charge is 0.347 e. The first-order valence-corrected chi connectivity index (χ1v) is 5.41. The quantitative estimate of drug-likeness (QED) is 0.594. The van der Waals surface area contributed by atoms with E-state index < -0.39 is 0 Å². The third-order valence-electron chi connectivity index (χ3n) is 2.54. The predicted molar refractivity (Wildman–Crippen MR) is 60.6 cm³/mol. The summed E-state index contributed by atoms with van der Waals surface area (Å²) in [5.41, 5.74) is 8.20. The topological polar surface area (TPSA) is 96.6 Å². The second-order valence-corrected chi connectivity index (χ2v) is 4.15. The lowest BCUT2D eigenvalue weighted by atomic mass is 10.0. The highest BCUT2D eigenvalue weighted by Crippen LogP contribution is 2.03. The molecule has 0 bridgehead atoms. The number of hydrogen-bond acceptors (Lipinski definition) is 4. The van der Waals surface area contributed by atoms with Crippen molar-refractivity contribution in [2.24, 2.45) is 16.8 Å². The Labute approximate surface area is 94.6 Å². The number of carbonyl (C=O) groups excluding carboxylic acids is 2. The average Bonchev–Trinajstić information content (AvgIpc) is 2.26. The summed E-state index contributed by atoms with van der Waals surface area (Å²) >= 11 is 0. The van der Waals surface area contributed by atoms with Crippen molar-refractivity contribution in [3.63, 3.8) is 0 Å². The molecule has 0 saturated carbocycles. The van der Waals surface area contributed by atoms with E-state index in [9.17, 15) is 9.59 Å². The zero-order valence-electron chi connectivity index (χ0n) is 9.62. The summed E-state index contributed by atoms with van der Waals surface area (Å²) in [5, 5.41) is 6.53. The minimum atomic E-state index is -0.246. The molecule has 0 spiro atoms. The van der Waals surface area contributed by atoms with Gasteiger partial charge in [0, 0.05) is 25.4 Å². The molecular formula is C10H18N4O2. The van der Waals surface area contributed by atoms with Gasteiger partial charge < -0.3 is 11.1 Å². The minimum Gasteiger partial charge on any atom is -0.347 e. The predicted octanol–water partition coefficient (Wildman–Crippen LogP) is -0.648. The molecule has 0 aromatic rings. The molecule has 1 aliphatic rings. The summed E-state index contributed by atoms with van der Waals surface area (Å²) in [6, 6.07) is -0.0622. The maximum Gasteiger partial charge on any atom is 0.267 e. The molecule has 90 valence electrons. The van der Waals surface area contributed by atoms with Gasteiger partial charge in [0.15, 0.2) is 0 Å². The van der Waals surface area contributed by atoms with Crippen LogP contribution >= 0.6 is 0 Å². The first-order chi connectivity index (χ1) is 7.54. The molecule has 4 N–H and O–H groups in total. The number of rotatable bonds is 4. The molecule has 0 saturated heterocycles. The molecule has 0 fully saturated rings. The number of carbonyl (C=O) groups is 2. The van der Waals surface area contributed by atoms with Crippen LogP contribution in [0.15, 0.2) is 5.10 Å². The van der Waals surface area contributed by atoms with Crippen molar-refractivity contribution < 1.29 is 9.59 Å². The van der Waals surface area contributed by atoms with Crippen LogP contribution in [0.2, 0.25) is 0 Å². The Morgan fingerprint density at radius 2 is 2.25 bits per heavy atom. The van der Waals surface area contributed by atoms with Crippen LogP contribution in [0.4, 0.5) is 0 Å². The maximum absolute atomic E-state index is 11.7. The van der Waals surface area contributed by atoms with Crippen molar-refractivity contribution >= 4 is 17.5 Å². The van der Waals surface area contributed by atoms with E-state index in [1.54, 1.807) is 0 Å². The first kappa shape index (κ1) is 12.6. The van der Waals surface area contributed by atoms with Gasteiger partial charge >= 0.3 is 0 Å². The molecule has 6 heteroatoms. The number of hydrazone groups is 1. The summed E-state index contributed by atoms with van der Waals surface area (Å²) in [7, 11) is 0. The van der Waals surface area contributed by atoms with Gasteiger partial charge in [0.05, 0.1) is 0 Å². The Bertz CT molecular complexity index is 312. The van der Waals surface area contributed by atoms with E-state index >= 15 is 0 Å². The Kier molecular flexibility index (Phi) is 4.42. The molecule has 1 unspecified atom stereocenters. The monoisotopic (exact) mass is 226 g/mol. The smallest absolute Gasteiger partial charge is 0.267 e. The number of amides is 2. The van der Waals surface area contributed by atoms with Crippen molar-refractivity contribution in [1.82, 2.24) is 10.7 Å². The fourth-order valence-electron chi connectivity index (χ4n) is 1.39. The fourth-order valence-corrected chi connectivity index (χ4v) is 1.39. The molecule has 0 aliphatic carbocycles. The van der Waals surface area contributed by atoms with Gasteiger partial charge in [0.2, 0.25) is 5.91 Å². The van der Waals surface area contributed by atoms with Crippen LogP contribution in [-0.2, 0) is 9.59 Å². The van der Waals surface area contributed by atoms with E-state index in [4.69, 9.17) is 5.73 Å². The highest BCUT2D eigenvalue weighted by molar-refractivity contribution is 6.39. The van der Waals surface area contributed by atoms with Crippen molar-refractivity contribution in [1.29, 1.82) is 0 Å². The zero-order chi connectivity index (χ0) is 12.1. The molecule has 16 heavy (non-hydrogen) atoms. The maximum atomic E-state index is 11.7. The summed E-state index contributed by atoms with van der Waals surface area (Å²) in [6.07, 6.45) is 0.689. The standard InChI is InChI=1S/C10H18N4O2/c1-6(2)8(5-11)12-10(16)7-3-4-9(15)14-13-7/h6,8H,3-5,11H2,1-2H3,(H,12,16)(H,14,15). The molecule has 6 nitrogen and oxygen atoms in total. The summed E-state index contributed by atoms with van der Waals surface area (Å²) in [6.45, 7) is 4.37. The van der Waals surface area contributed by atoms with Crippen LogP contribution in [0.3, 0.4) is 0 Å². The zero-order valence-corrected chi connectivity index (χ0v) is 9.62. The number of nitrogens with zero attached hydrogens (tertiary/aromatic N) is 1. The van der Waals surface area contributed by atoms with Crippen LogP contribution < -0.4 is 16.5 Å². The van der Waals surface area contributed by atoms with Crippen LogP contribution in [0.1, 0.15) is 26.7 Å². The van der Waals surface area contributed by atoms with Crippen molar-refractivity contribution in [2.45, 2.75) is 32.7 Å². The van der Waals surface area contributed by atoms with Gasteiger partial charge in [-0.05, 0) is 5.92 Å². The van der Waals surface area contributed by atoms with Crippen LogP contribution in [0.5, 0.6) is 0 Å². The molecule has 1 rings (SSSR count). The van der Waals surface area contributed by atoms with E-state index in [2.05, 4.69) is 15.8 Å². The number of nitrogens with one attached hydrogen (secondary N) is 2. The second kappa shape index (κ2) is 5.60. The van der Waals surface area contributed by atoms with Crippen LogP contribution in [0.25, 0.3) is 0 Å². The lowest BCUT2D eigenvalue weighted by molar-refractivity contribution is -0.121. The lowest BCUT2D eigenvalue weighted by Crippen LogP contribution is -2.47. The van der Waals surface area contributed by atoms with E-state index in [0.29, 0.717) is 25.1 Å². The fraction of sp³-hybridized carbons (Fsp3) is 0.700. The Morgan fingerprint density at radius 1 is 1.56 bits per heavy atom. The summed E-state index contributed by atoms with van der Waals surface area (Å²) in [5.74, 6) is -0.132. The van der Waals surface area contributed by atoms with Gasteiger partial charge in [-0.3, -0.25) is 9.59 Å². The molecule has 1 heterocycles. The summed E-state index contributed by atoms with van der Waals surface area (Å²) < 4.78 is 0. The first-order valence-electron chi connectivity index (χ1n) is 5.41. The van der Waals surface area contributed by atoms with Gasteiger partial charge in [0.1, 0.15) is 5.71 Å². The SMILES string of the molecule is CC(C)C(CN)NC(=O)C1=NNC(=O)CC1. The Morgan fingerprint density at radius 3 is 2.69 bits per heavy atom. The second-order valence-electron chi connectivity index (χ2n) is 4.15. The highest BCUT2D eigenvalue weighted by Gasteiger charge is 2.21. The van der Waals surface area contributed by atoms with Gasteiger partial charge in [0.25, 0.3) is 5.91 Å². The van der Waals surface area contributed by atoms with E-state index in [1.165, 1.54) is 0 Å². The van der Waals surface area contributed by atoms with E-state index in [-0.39, 0.29) is 23.8 Å². The highest BCUT2D eigenvalue weighted by atomic mass is 16.2. The van der Waals surface area contributed by atoms with Crippen molar-refractivity contribution in [3.05, 3.63) is 0 Å². The normalized spacial score (nSPS) is 17.8. The minimum absolute atomic E-state index is 0.0622. The van der Waals surface area contributed by atoms with Crippen LogP contribution in [-0.4, -0.2) is 30.1 Å². The Hall–Kier alpha value is -1.43. The van der Waals surface area contributed by atoms with Crippen LogP contribution in [0, 0.1) is 5.92 Å².